The minimum absolute atomic E-state index is 0.105. The SMILES string of the molecule is CCC1CCCN1c1ncc(CNC(C)(C)C)cc1Cl. The van der Waals surface area contributed by atoms with E-state index in [9.17, 15) is 0 Å². The van der Waals surface area contributed by atoms with Crippen LogP contribution in [0.25, 0.3) is 0 Å². The number of hydrogen-bond donors (Lipinski definition) is 1. The Morgan fingerprint density at radius 3 is 2.80 bits per heavy atom. The van der Waals surface area contributed by atoms with Crippen LogP contribution in [-0.2, 0) is 6.54 Å². The average Bonchev–Trinajstić information content (AvgIpc) is 2.83. The highest BCUT2D eigenvalue weighted by Gasteiger charge is 2.25. The number of rotatable bonds is 4. The van der Waals surface area contributed by atoms with Crippen molar-refractivity contribution < 1.29 is 0 Å². The Balaban J connectivity index is 2.10. The zero-order chi connectivity index (χ0) is 14.8. The van der Waals surface area contributed by atoms with Gasteiger partial charge in [0.15, 0.2) is 0 Å². The van der Waals surface area contributed by atoms with Crippen LogP contribution in [0.15, 0.2) is 12.3 Å². The summed E-state index contributed by atoms with van der Waals surface area (Å²) in [6.07, 6.45) is 5.60. The third-order valence-electron chi connectivity index (χ3n) is 3.82. The van der Waals surface area contributed by atoms with Crippen LogP contribution in [0.4, 0.5) is 5.82 Å². The first-order chi connectivity index (χ1) is 9.40. The first-order valence-corrected chi connectivity index (χ1v) is 7.94. The van der Waals surface area contributed by atoms with E-state index in [1.54, 1.807) is 0 Å². The Morgan fingerprint density at radius 1 is 1.45 bits per heavy atom. The van der Waals surface area contributed by atoms with Crippen molar-refractivity contribution in [3.8, 4) is 0 Å². The summed E-state index contributed by atoms with van der Waals surface area (Å²) in [7, 11) is 0. The van der Waals surface area contributed by atoms with E-state index in [0.717, 1.165) is 35.9 Å². The lowest BCUT2D eigenvalue weighted by molar-refractivity contribution is 0.424. The topological polar surface area (TPSA) is 28.2 Å². The van der Waals surface area contributed by atoms with E-state index in [2.05, 4.69) is 42.9 Å². The minimum Gasteiger partial charge on any atom is -0.352 e. The minimum atomic E-state index is 0.105. The van der Waals surface area contributed by atoms with Gasteiger partial charge in [-0.1, -0.05) is 18.5 Å². The molecular weight excluding hydrogens is 270 g/mol. The van der Waals surface area contributed by atoms with E-state index in [4.69, 9.17) is 11.6 Å². The molecule has 3 nitrogen and oxygen atoms in total. The molecule has 1 unspecified atom stereocenters. The van der Waals surface area contributed by atoms with Crippen molar-refractivity contribution in [1.82, 2.24) is 10.3 Å². The molecule has 0 radical (unpaired) electrons. The normalized spacial score (nSPS) is 19.6. The van der Waals surface area contributed by atoms with Crippen molar-refractivity contribution in [2.45, 2.75) is 65.1 Å². The molecule has 0 amide bonds. The molecule has 0 spiro atoms. The zero-order valence-electron chi connectivity index (χ0n) is 13.0. The molecule has 1 aromatic heterocycles. The third kappa shape index (κ3) is 3.86. The number of halogens is 1. The summed E-state index contributed by atoms with van der Waals surface area (Å²) in [6.45, 7) is 10.6. The molecule has 2 heterocycles. The number of nitrogens with zero attached hydrogens (tertiary/aromatic N) is 2. The molecule has 0 bridgehead atoms. The van der Waals surface area contributed by atoms with Crippen molar-refractivity contribution in [2.24, 2.45) is 0 Å². The van der Waals surface area contributed by atoms with Gasteiger partial charge in [-0.15, -0.1) is 0 Å². The van der Waals surface area contributed by atoms with Gasteiger partial charge in [0, 0.05) is 30.9 Å². The standard InChI is InChI=1S/C16H26ClN3/c1-5-13-7-6-8-20(13)15-14(17)9-12(10-18-15)11-19-16(2,3)4/h9-10,13,19H,5-8,11H2,1-4H3. The summed E-state index contributed by atoms with van der Waals surface area (Å²) in [6, 6.07) is 2.65. The van der Waals surface area contributed by atoms with E-state index in [-0.39, 0.29) is 5.54 Å². The summed E-state index contributed by atoms with van der Waals surface area (Å²) < 4.78 is 0. The molecular formula is C16H26ClN3. The lowest BCUT2D eigenvalue weighted by Crippen LogP contribution is -2.35. The number of pyridine rings is 1. The Bertz CT molecular complexity index is 454. The van der Waals surface area contributed by atoms with Crippen LogP contribution >= 0.6 is 11.6 Å². The summed E-state index contributed by atoms with van der Waals surface area (Å²) in [4.78, 5) is 6.98. The number of anilines is 1. The second kappa shape index (κ2) is 6.31. The fourth-order valence-electron chi connectivity index (χ4n) is 2.68. The fraction of sp³-hybridized carbons (Fsp3) is 0.688. The maximum absolute atomic E-state index is 6.45. The van der Waals surface area contributed by atoms with Crippen LogP contribution in [0.3, 0.4) is 0 Å². The van der Waals surface area contributed by atoms with E-state index >= 15 is 0 Å². The lowest BCUT2D eigenvalue weighted by Gasteiger charge is -2.26. The molecule has 0 saturated carbocycles. The van der Waals surface area contributed by atoms with E-state index in [0.29, 0.717) is 6.04 Å². The lowest BCUT2D eigenvalue weighted by atomic mass is 10.1. The molecule has 1 N–H and O–H groups in total. The van der Waals surface area contributed by atoms with Gasteiger partial charge in [-0.2, -0.15) is 0 Å². The molecule has 1 saturated heterocycles. The molecule has 0 aliphatic carbocycles. The molecule has 112 valence electrons. The van der Waals surface area contributed by atoms with Crippen LogP contribution < -0.4 is 10.2 Å². The fourth-order valence-corrected chi connectivity index (χ4v) is 2.98. The molecule has 1 aliphatic rings. The van der Waals surface area contributed by atoms with Crippen LogP contribution in [0.5, 0.6) is 0 Å². The maximum atomic E-state index is 6.45. The summed E-state index contributed by atoms with van der Waals surface area (Å²) in [5.74, 6) is 0.954. The van der Waals surface area contributed by atoms with Crippen molar-refractivity contribution in [2.75, 3.05) is 11.4 Å². The van der Waals surface area contributed by atoms with Gasteiger partial charge in [0.25, 0.3) is 0 Å². The van der Waals surface area contributed by atoms with Gasteiger partial charge in [0.05, 0.1) is 5.02 Å². The second-order valence-corrected chi connectivity index (χ2v) is 7.06. The maximum Gasteiger partial charge on any atom is 0.147 e. The van der Waals surface area contributed by atoms with Crippen LogP contribution in [0.2, 0.25) is 5.02 Å². The predicted molar refractivity (Wildman–Crippen MR) is 86.5 cm³/mol. The number of nitrogens with one attached hydrogen (secondary N) is 1. The Hall–Kier alpha value is -0.800. The highest BCUT2D eigenvalue weighted by Crippen LogP contribution is 2.31. The first kappa shape index (κ1) is 15.6. The molecule has 20 heavy (non-hydrogen) atoms. The van der Waals surface area contributed by atoms with Crippen molar-refractivity contribution in [1.29, 1.82) is 0 Å². The summed E-state index contributed by atoms with van der Waals surface area (Å²) in [5.41, 5.74) is 1.24. The summed E-state index contributed by atoms with van der Waals surface area (Å²) in [5, 5.41) is 4.24. The van der Waals surface area contributed by atoms with Gasteiger partial charge >= 0.3 is 0 Å². The van der Waals surface area contributed by atoms with Gasteiger partial charge in [-0.25, -0.2) is 4.98 Å². The Morgan fingerprint density at radius 2 is 2.20 bits per heavy atom. The number of hydrogen-bond acceptors (Lipinski definition) is 3. The molecule has 1 aromatic rings. The smallest absolute Gasteiger partial charge is 0.147 e. The molecule has 1 fully saturated rings. The highest BCUT2D eigenvalue weighted by molar-refractivity contribution is 6.33. The highest BCUT2D eigenvalue weighted by atomic mass is 35.5. The quantitative estimate of drug-likeness (QED) is 0.910. The molecule has 4 heteroatoms. The molecule has 2 rings (SSSR count). The van der Waals surface area contributed by atoms with E-state index in [1.807, 2.05) is 12.3 Å². The van der Waals surface area contributed by atoms with Gasteiger partial charge in [0.1, 0.15) is 5.82 Å². The van der Waals surface area contributed by atoms with E-state index < -0.39 is 0 Å². The second-order valence-electron chi connectivity index (χ2n) is 6.65. The molecule has 1 aliphatic heterocycles. The Kier molecular flexibility index (Phi) is 4.92. The number of aromatic nitrogens is 1. The van der Waals surface area contributed by atoms with Gasteiger partial charge in [-0.05, 0) is 51.7 Å². The predicted octanol–water partition coefficient (Wildman–Crippen LogP) is 4.00. The van der Waals surface area contributed by atoms with Crippen molar-refractivity contribution in [3.05, 3.63) is 22.8 Å². The monoisotopic (exact) mass is 295 g/mol. The first-order valence-electron chi connectivity index (χ1n) is 7.57. The summed E-state index contributed by atoms with van der Waals surface area (Å²) >= 11 is 6.45. The van der Waals surface area contributed by atoms with Crippen molar-refractivity contribution >= 4 is 17.4 Å². The molecule has 1 atom stereocenters. The zero-order valence-corrected chi connectivity index (χ0v) is 13.8. The van der Waals surface area contributed by atoms with E-state index in [1.165, 1.54) is 12.8 Å². The Labute approximate surface area is 127 Å². The largest absolute Gasteiger partial charge is 0.352 e. The van der Waals surface area contributed by atoms with Crippen LogP contribution in [0.1, 0.15) is 52.5 Å². The van der Waals surface area contributed by atoms with Gasteiger partial charge < -0.3 is 10.2 Å². The van der Waals surface area contributed by atoms with Gasteiger partial charge in [-0.3, -0.25) is 0 Å². The van der Waals surface area contributed by atoms with Crippen molar-refractivity contribution in [3.63, 3.8) is 0 Å². The van der Waals surface area contributed by atoms with Crippen LogP contribution in [-0.4, -0.2) is 23.1 Å². The van der Waals surface area contributed by atoms with Gasteiger partial charge in [0.2, 0.25) is 0 Å². The third-order valence-corrected chi connectivity index (χ3v) is 4.10. The van der Waals surface area contributed by atoms with Crippen LogP contribution in [0, 0.1) is 0 Å². The molecule has 0 aromatic carbocycles. The average molecular weight is 296 g/mol.